The lowest BCUT2D eigenvalue weighted by molar-refractivity contribution is -0.380. The molecule has 0 unspecified atom stereocenters. The SMILES string of the molecule is O=C(COC(=O)c1ccc([N+](=O)[O-])s1)Nc1cccc2c1C(=O)c1ccccc1C2=O. The lowest BCUT2D eigenvalue weighted by atomic mass is 9.83. The molecule has 10 heteroatoms. The van der Waals surface area contributed by atoms with Gasteiger partial charge in [-0.15, -0.1) is 0 Å². The first-order valence-electron chi connectivity index (χ1n) is 8.89. The summed E-state index contributed by atoms with van der Waals surface area (Å²) in [5, 5.41) is 13.0. The van der Waals surface area contributed by atoms with E-state index in [1.807, 2.05) is 0 Å². The number of nitrogens with one attached hydrogen (secondary N) is 1. The minimum Gasteiger partial charge on any atom is -0.451 e. The smallest absolute Gasteiger partial charge is 0.349 e. The van der Waals surface area contributed by atoms with E-state index in [9.17, 15) is 29.3 Å². The summed E-state index contributed by atoms with van der Waals surface area (Å²) < 4.78 is 4.89. The molecule has 0 bridgehead atoms. The van der Waals surface area contributed by atoms with Crippen molar-refractivity contribution in [1.82, 2.24) is 0 Å². The molecule has 31 heavy (non-hydrogen) atoms. The van der Waals surface area contributed by atoms with Crippen LogP contribution in [-0.4, -0.2) is 35.0 Å². The van der Waals surface area contributed by atoms with Crippen molar-refractivity contribution in [3.63, 3.8) is 0 Å². The van der Waals surface area contributed by atoms with Crippen molar-refractivity contribution in [1.29, 1.82) is 0 Å². The molecule has 1 heterocycles. The summed E-state index contributed by atoms with van der Waals surface area (Å²) in [4.78, 5) is 60.0. The first-order valence-corrected chi connectivity index (χ1v) is 9.71. The summed E-state index contributed by atoms with van der Waals surface area (Å²) in [6.45, 7) is -0.674. The van der Waals surface area contributed by atoms with Crippen LogP contribution in [0.25, 0.3) is 0 Å². The van der Waals surface area contributed by atoms with E-state index in [0.29, 0.717) is 16.9 Å². The maximum atomic E-state index is 12.9. The van der Waals surface area contributed by atoms with E-state index in [4.69, 9.17) is 4.74 Å². The Labute approximate surface area is 178 Å². The van der Waals surface area contributed by atoms with Crippen molar-refractivity contribution in [3.8, 4) is 0 Å². The number of ether oxygens (including phenoxy) is 1. The van der Waals surface area contributed by atoms with Gasteiger partial charge < -0.3 is 10.1 Å². The van der Waals surface area contributed by atoms with Gasteiger partial charge in [0.2, 0.25) is 0 Å². The predicted octanol–water partition coefficient (Wildman–Crippen LogP) is 3.23. The van der Waals surface area contributed by atoms with Crippen molar-refractivity contribution in [2.24, 2.45) is 0 Å². The quantitative estimate of drug-likeness (QED) is 0.288. The van der Waals surface area contributed by atoms with Crippen molar-refractivity contribution >= 4 is 45.5 Å². The molecule has 1 aliphatic rings. The van der Waals surface area contributed by atoms with Gasteiger partial charge in [0.05, 0.1) is 16.2 Å². The second-order valence-electron chi connectivity index (χ2n) is 6.45. The first kappa shape index (κ1) is 20.1. The van der Waals surface area contributed by atoms with Crippen molar-refractivity contribution in [3.05, 3.63) is 91.8 Å². The first-order chi connectivity index (χ1) is 14.9. The summed E-state index contributed by atoms with van der Waals surface area (Å²) in [5.74, 6) is -2.34. The molecule has 1 N–H and O–H groups in total. The number of esters is 1. The molecule has 3 aromatic rings. The number of thiophene rings is 1. The predicted molar refractivity (Wildman–Crippen MR) is 110 cm³/mol. The molecule has 0 saturated heterocycles. The number of fused-ring (bicyclic) bond motifs is 2. The Hall–Kier alpha value is -4.18. The molecule has 0 saturated carbocycles. The number of benzene rings is 2. The van der Waals surface area contributed by atoms with Crippen LogP contribution in [0.4, 0.5) is 10.7 Å². The minimum absolute atomic E-state index is 0.0195. The van der Waals surface area contributed by atoms with E-state index in [2.05, 4.69) is 5.32 Å². The molecule has 154 valence electrons. The van der Waals surface area contributed by atoms with Crippen LogP contribution in [0.1, 0.15) is 41.5 Å². The number of carbonyl (C=O) groups excluding carboxylic acids is 4. The van der Waals surface area contributed by atoms with Gasteiger partial charge in [0.1, 0.15) is 4.88 Å². The number of hydrogen-bond donors (Lipinski definition) is 1. The van der Waals surface area contributed by atoms with Gasteiger partial charge in [-0.1, -0.05) is 47.7 Å². The fourth-order valence-corrected chi connectivity index (χ4v) is 3.89. The van der Waals surface area contributed by atoms with Gasteiger partial charge >= 0.3 is 11.0 Å². The van der Waals surface area contributed by atoms with E-state index in [1.165, 1.54) is 24.3 Å². The van der Waals surface area contributed by atoms with Crippen LogP contribution in [0, 0.1) is 10.1 Å². The zero-order chi connectivity index (χ0) is 22.1. The molecule has 1 aliphatic carbocycles. The Balaban J connectivity index is 1.49. The number of ketones is 2. The third-order valence-electron chi connectivity index (χ3n) is 4.53. The van der Waals surface area contributed by atoms with Crippen molar-refractivity contribution in [2.75, 3.05) is 11.9 Å². The van der Waals surface area contributed by atoms with Gasteiger partial charge in [-0.05, 0) is 12.1 Å². The molecule has 1 aromatic heterocycles. The third-order valence-corrected chi connectivity index (χ3v) is 5.55. The molecule has 4 rings (SSSR count). The van der Waals surface area contributed by atoms with Crippen LogP contribution in [0.3, 0.4) is 0 Å². The maximum absolute atomic E-state index is 12.9. The van der Waals surface area contributed by atoms with Gasteiger partial charge in [0.25, 0.3) is 5.91 Å². The van der Waals surface area contributed by atoms with Gasteiger partial charge in [-0.2, -0.15) is 0 Å². The highest BCUT2D eigenvalue weighted by atomic mass is 32.1. The van der Waals surface area contributed by atoms with E-state index in [-0.39, 0.29) is 38.0 Å². The highest BCUT2D eigenvalue weighted by Gasteiger charge is 2.31. The number of nitrogens with zero attached hydrogens (tertiary/aromatic N) is 1. The molecule has 0 spiro atoms. The minimum atomic E-state index is -0.886. The fourth-order valence-electron chi connectivity index (χ4n) is 3.17. The summed E-state index contributed by atoms with van der Waals surface area (Å²) in [5.41, 5.74) is 0.900. The molecular weight excluding hydrogens is 424 g/mol. The summed E-state index contributed by atoms with van der Waals surface area (Å²) in [6.07, 6.45) is 0. The second-order valence-corrected chi connectivity index (χ2v) is 7.51. The summed E-state index contributed by atoms with van der Waals surface area (Å²) in [7, 11) is 0. The normalized spacial score (nSPS) is 12.0. The summed E-state index contributed by atoms with van der Waals surface area (Å²) in [6, 6.07) is 13.3. The fraction of sp³-hybridized carbons (Fsp3) is 0.0476. The van der Waals surface area contributed by atoms with Crippen LogP contribution in [0.5, 0.6) is 0 Å². The van der Waals surface area contributed by atoms with Gasteiger partial charge in [-0.3, -0.25) is 24.5 Å². The highest BCUT2D eigenvalue weighted by Crippen LogP contribution is 2.32. The Morgan fingerprint density at radius 1 is 0.935 bits per heavy atom. The molecule has 9 nitrogen and oxygen atoms in total. The molecule has 0 fully saturated rings. The molecule has 0 radical (unpaired) electrons. The summed E-state index contributed by atoms with van der Waals surface area (Å²) >= 11 is 0.630. The monoisotopic (exact) mass is 436 g/mol. The number of carbonyl (C=O) groups is 4. The largest absolute Gasteiger partial charge is 0.451 e. The zero-order valence-electron chi connectivity index (χ0n) is 15.6. The Bertz CT molecular complexity index is 1280. The van der Waals surface area contributed by atoms with E-state index < -0.39 is 29.2 Å². The second kappa shape index (κ2) is 7.92. The standard InChI is InChI=1S/C21H12N2O7S/c24-16(10-30-21(27)15-8-9-17(31-15)23(28)29)22-14-7-3-6-13-18(14)20(26)12-5-2-1-4-11(12)19(13)25/h1-9H,10H2,(H,22,24). The molecule has 0 atom stereocenters. The van der Waals surface area contributed by atoms with Crippen molar-refractivity contribution in [2.45, 2.75) is 0 Å². The van der Waals surface area contributed by atoms with Crippen molar-refractivity contribution < 1.29 is 28.8 Å². The van der Waals surface area contributed by atoms with Crippen LogP contribution < -0.4 is 5.32 Å². The van der Waals surface area contributed by atoms with Crippen LogP contribution >= 0.6 is 11.3 Å². The van der Waals surface area contributed by atoms with Gasteiger partial charge in [0.15, 0.2) is 18.2 Å². The Morgan fingerprint density at radius 2 is 1.61 bits per heavy atom. The average molecular weight is 436 g/mol. The average Bonchev–Trinajstić information content (AvgIpc) is 3.26. The zero-order valence-corrected chi connectivity index (χ0v) is 16.4. The number of anilines is 1. The highest BCUT2D eigenvalue weighted by molar-refractivity contribution is 7.17. The molecule has 2 aromatic carbocycles. The van der Waals surface area contributed by atoms with Crippen LogP contribution in [0.2, 0.25) is 0 Å². The van der Waals surface area contributed by atoms with E-state index >= 15 is 0 Å². The third kappa shape index (κ3) is 3.71. The number of amides is 1. The Morgan fingerprint density at radius 3 is 2.29 bits per heavy atom. The topological polar surface area (TPSA) is 133 Å². The number of hydrogen-bond acceptors (Lipinski definition) is 8. The molecular formula is C21H12N2O7S. The molecule has 1 amide bonds. The number of nitro groups is 1. The van der Waals surface area contributed by atoms with Crippen LogP contribution in [0.15, 0.2) is 54.6 Å². The lowest BCUT2D eigenvalue weighted by Crippen LogP contribution is -2.25. The van der Waals surface area contributed by atoms with E-state index in [1.54, 1.807) is 24.3 Å². The Kier molecular flexibility index (Phi) is 5.14. The number of rotatable bonds is 5. The molecule has 0 aliphatic heterocycles. The maximum Gasteiger partial charge on any atom is 0.349 e. The van der Waals surface area contributed by atoms with Gasteiger partial charge in [-0.25, -0.2) is 4.79 Å². The van der Waals surface area contributed by atoms with Crippen LogP contribution in [-0.2, 0) is 9.53 Å². The van der Waals surface area contributed by atoms with Gasteiger partial charge in [0, 0.05) is 22.8 Å². The lowest BCUT2D eigenvalue weighted by Gasteiger charge is -2.20. The van der Waals surface area contributed by atoms with E-state index in [0.717, 1.165) is 6.07 Å².